The number of aliphatic carboxylic acids is 1. The smallest absolute Gasteiger partial charge is 0.329 e. The van der Waals surface area contributed by atoms with E-state index in [2.05, 4.69) is 0 Å². The fourth-order valence-electron chi connectivity index (χ4n) is 3.65. The van der Waals surface area contributed by atoms with Gasteiger partial charge >= 0.3 is 5.97 Å². The van der Waals surface area contributed by atoms with Crippen LogP contribution in [0.2, 0.25) is 0 Å². The van der Waals surface area contributed by atoms with E-state index in [1.165, 1.54) is 19.8 Å². The third-order valence-electron chi connectivity index (χ3n) is 4.66. The Bertz CT molecular complexity index is 351. The molecule has 2 saturated carbocycles. The van der Waals surface area contributed by atoms with Gasteiger partial charge in [0.2, 0.25) is 5.91 Å². The Kier molecular flexibility index (Phi) is 3.64. The molecule has 2 aliphatic rings. The van der Waals surface area contributed by atoms with Gasteiger partial charge in [0, 0.05) is 13.5 Å². The van der Waals surface area contributed by atoms with Gasteiger partial charge in [0.1, 0.15) is 5.54 Å². The van der Waals surface area contributed by atoms with E-state index in [9.17, 15) is 14.7 Å². The number of hydrogen-bond donors (Lipinski definition) is 1. The Morgan fingerprint density at radius 3 is 2.39 bits per heavy atom. The summed E-state index contributed by atoms with van der Waals surface area (Å²) in [7, 11) is 0. The van der Waals surface area contributed by atoms with Gasteiger partial charge in [-0.3, -0.25) is 4.79 Å². The van der Waals surface area contributed by atoms with E-state index in [0.717, 1.165) is 18.8 Å². The molecule has 1 N–H and O–H groups in total. The molecular formula is C14H23NO3. The Morgan fingerprint density at radius 2 is 1.94 bits per heavy atom. The maximum absolute atomic E-state index is 11.8. The summed E-state index contributed by atoms with van der Waals surface area (Å²) in [5, 5.41) is 9.67. The molecule has 2 rings (SSSR count). The van der Waals surface area contributed by atoms with Gasteiger partial charge in [0.25, 0.3) is 0 Å². The van der Waals surface area contributed by atoms with Crippen LogP contribution in [-0.2, 0) is 9.59 Å². The Labute approximate surface area is 108 Å². The molecule has 18 heavy (non-hydrogen) atoms. The third kappa shape index (κ3) is 2.25. The van der Waals surface area contributed by atoms with Gasteiger partial charge < -0.3 is 10.0 Å². The van der Waals surface area contributed by atoms with E-state index in [-0.39, 0.29) is 5.91 Å². The molecule has 0 heterocycles. The number of nitrogens with zero attached hydrogens (tertiary/aromatic N) is 1. The molecule has 2 atom stereocenters. The molecule has 0 spiro atoms. The van der Waals surface area contributed by atoms with E-state index in [4.69, 9.17) is 0 Å². The summed E-state index contributed by atoms with van der Waals surface area (Å²) in [6, 6.07) is 0. The zero-order valence-corrected chi connectivity index (χ0v) is 11.3. The van der Waals surface area contributed by atoms with Crippen molar-refractivity contribution in [3.8, 4) is 0 Å². The lowest BCUT2D eigenvalue weighted by Gasteiger charge is -2.45. The maximum atomic E-state index is 11.8. The van der Waals surface area contributed by atoms with Crippen molar-refractivity contribution in [3.63, 3.8) is 0 Å². The maximum Gasteiger partial charge on any atom is 0.329 e. The molecule has 0 aromatic heterocycles. The molecule has 0 aliphatic heterocycles. The number of amides is 1. The molecule has 0 saturated heterocycles. The minimum Gasteiger partial charge on any atom is -0.479 e. The van der Waals surface area contributed by atoms with Crippen LogP contribution in [0.25, 0.3) is 0 Å². The van der Waals surface area contributed by atoms with Gasteiger partial charge in [0.15, 0.2) is 0 Å². The third-order valence-corrected chi connectivity index (χ3v) is 4.66. The van der Waals surface area contributed by atoms with Crippen LogP contribution < -0.4 is 0 Å². The Balaban J connectivity index is 2.24. The lowest BCUT2D eigenvalue weighted by molar-refractivity contribution is -0.162. The molecule has 4 heteroatoms. The standard InChI is InChI=1S/C14H23NO3/c1-3-15(10(2)16)14(13(17)18)8-4-5-12(9-14)11-6-7-11/h11-12H,3-9H2,1-2H3,(H,17,18). The summed E-state index contributed by atoms with van der Waals surface area (Å²) < 4.78 is 0. The molecule has 0 aromatic rings. The molecule has 1 amide bonds. The zero-order valence-electron chi connectivity index (χ0n) is 11.3. The summed E-state index contributed by atoms with van der Waals surface area (Å²) in [4.78, 5) is 25.1. The Hall–Kier alpha value is -1.06. The van der Waals surface area contributed by atoms with Crippen molar-refractivity contribution in [1.29, 1.82) is 0 Å². The average Bonchev–Trinajstić information content (AvgIpc) is 3.13. The van der Waals surface area contributed by atoms with E-state index < -0.39 is 11.5 Å². The molecule has 2 aliphatic carbocycles. The molecule has 2 fully saturated rings. The highest BCUT2D eigenvalue weighted by molar-refractivity contribution is 5.86. The van der Waals surface area contributed by atoms with Crippen molar-refractivity contribution in [1.82, 2.24) is 4.90 Å². The number of carboxylic acid groups (broad SMARTS) is 1. The van der Waals surface area contributed by atoms with Crippen LogP contribution in [0.1, 0.15) is 52.4 Å². The lowest BCUT2D eigenvalue weighted by atomic mass is 9.72. The van der Waals surface area contributed by atoms with Gasteiger partial charge in [0.05, 0.1) is 0 Å². The van der Waals surface area contributed by atoms with E-state index in [1.54, 1.807) is 4.90 Å². The summed E-state index contributed by atoms with van der Waals surface area (Å²) in [6.07, 6.45) is 5.81. The van der Waals surface area contributed by atoms with Gasteiger partial charge in [-0.25, -0.2) is 4.79 Å². The number of carboxylic acids is 1. The summed E-state index contributed by atoms with van der Waals surface area (Å²) >= 11 is 0. The molecule has 0 radical (unpaired) electrons. The van der Waals surface area contributed by atoms with Gasteiger partial charge in [-0.05, 0) is 50.9 Å². The SMILES string of the molecule is CCN(C(C)=O)C1(C(=O)O)CCCC(C2CC2)C1. The Morgan fingerprint density at radius 1 is 1.28 bits per heavy atom. The number of rotatable bonds is 4. The van der Waals surface area contributed by atoms with Crippen LogP contribution in [0.5, 0.6) is 0 Å². The van der Waals surface area contributed by atoms with Gasteiger partial charge in [-0.15, -0.1) is 0 Å². The van der Waals surface area contributed by atoms with Crippen molar-refractivity contribution in [2.24, 2.45) is 11.8 Å². The number of carbonyl (C=O) groups excluding carboxylic acids is 1. The first-order chi connectivity index (χ1) is 8.51. The van der Waals surface area contributed by atoms with E-state index >= 15 is 0 Å². The minimum absolute atomic E-state index is 0.114. The number of carbonyl (C=O) groups is 2. The summed E-state index contributed by atoms with van der Waals surface area (Å²) in [5.74, 6) is 0.291. The fourth-order valence-corrected chi connectivity index (χ4v) is 3.65. The zero-order chi connectivity index (χ0) is 13.3. The van der Waals surface area contributed by atoms with Crippen LogP contribution in [0.3, 0.4) is 0 Å². The predicted molar refractivity (Wildman–Crippen MR) is 68.1 cm³/mol. The first-order valence-corrected chi connectivity index (χ1v) is 7.03. The number of likely N-dealkylation sites (N-methyl/N-ethyl adjacent to an activating group) is 1. The molecule has 4 nitrogen and oxygen atoms in total. The molecular weight excluding hydrogens is 230 g/mol. The molecule has 0 bridgehead atoms. The van der Waals surface area contributed by atoms with Crippen LogP contribution in [0.15, 0.2) is 0 Å². The monoisotopic (exact) mass is 253 g/mol. The van der Waals surface area contributed by atoms with Crippen molar-refractivity contribution in [2.75, 3.05) is 6.54 Å². The number of hydrogen-bond acceptors (Lipinski definition) is 2. The van der Waals surface area contributed by atoms with Crippen molar-refractivity contribution in [2.45, 2.75) is 57.9 Å². The van der Waals surface area contributed by atoms with Crippen LogP contribution in [-0.4, -0.2) is 34.0 Å². The second-order valence-electron chi connectivity index (χ2n) is 5.79. The van der Waals surface area contributed by atoms with Gasteiger partial charge in [-0.2, -0.15) is 0 Å². The highest BCUT2D eigenvalue weighted by Gasteiger charge is 2.50. The normalized spacial score (nSPS) is 32.0. The van der Waals surface area contributed by atoms with E-state index in [0.29, 0.717) is 25.3 Å². The van der Waals surface area contributed by atoms with E-state index in [1.807, 2.05) is 6.92 Å². The molecule has 102 valence electrons. The predicted octanol–water partition coefficient (Wildman–Crippen LogP) is 2.28. The van der Waals surface area contributed by atoms with Crippen LogP contribution >= 0.6 is 0 Å². The van der Waals surface area contributed by atoms with Crippen LogP contribution in [0.4, 0.5) is 0 Å². The topological polar surface area (TPSA) is 57.6 Å². The quantitative estimate of drug-likeness (QED) is 0.836. The van der Waals surface area contributed by atoms with Gasteiger partial charge in [-0.1, -0.05) is 6.42 Å². The second kappa shape index (κ2) is 4.90. The minimum atomic E-state index is -0.938. The largest absolute Gasteiger partial charge is 0.479 e. The summed E-state index contributed by atoms with van der Waals surface area (Å²) in [5.41, 5.74) is -0.938. The lowest BCUT2D eigenvalue weighted by Crippen LogP contribution is -2.58. The average molecular weight is 253 g/mol. The van der Waals surface area contributed by atoms with Crippen molar-refractivity contribution in [3.05, 3.63) is 0 Å². The highest BCUT2D eigenvalue weighted by atomic mass is 16.4. The molecule has 0 aromatic carbocycles. The van der Waals surface area contributed by atoms with Crippen molar-refractivity contribution < 1.29 is 14.7 Å². The second-order valence-corrected chi connectivity index (χ2v) is 5.79. The highest BCUT2D eigenvalue weighted by Crippen LogP contribution is 2.48. The molecule has 2 unspecified atom stereocenters. The van der Waals surface area contributed by atoms with Crippen LogP contribution in [0, 0.1) is 11.8 Å². The summed E-state index contributed by atoms with van der Waals surface area (Å²) in [6.45, 7) is 3.83. The first kappa shape index (κ1) is 13.4. The first-order valence-electron chi connectivity index (χ1n) is 7.03. The fraction of sp³-hybridized carbons (Fsp3) is 0.857. The van der Waals surface area contributed by atoms with Crippen molar-refractivity contribution >= 4 is 11.9 Å².